The molecule has 2 N–H and O–H groups in total. The van der Waals surface area contributed by atoms with Crippen LogP contribution in [0.15, 0.2) is 24.3 Å². The number of esters is 1. The minimum absolute atomic E-state index is 0.0105. The van der Waals surface area contributed by atoms with E-state index in [1.54, 1.807) is 50.2 Å². The van der Waals surface area contributed by atoms with Crippen LogP contribution < -0.4 is 15.4 Å². The Hall–Kier alpha value is -3.07. The summed E-state index contributed by atoms with van der Waals surface area (Å²) in [6.07, 6.45) is 7.05. The molecule has 3 atom stereocenters. The second-order valence-electron chi connectivity index (χ2n) is 11.6. The number of hydrogen-bond donors (Lipinski definition) is 2. The standard InChI is InChI=1S/C33H53N3O6/c1-7-9-11-15-31(39)35-29(21-26-16-18-27(19-17-26)42-32(40)23-36(5)6)30(38)22-28(24(3)8-2)33(41)34-20-13-10-12-14-25(4)37/h16-19,24,28-29H,7-15,20-23H2,1-6H3,(H,34,41)(H,35,39). The van der Waals surface area contributed by atoms with Crippen molar-refractivity contribution in [3.8, 4) is 5.75 Å². The molecule has 2 amide bonds. The molecule has 0 saturated carbocycles. The van der Waals surface area contributed by atoms with E-state index in [4.69, 9.17) is 4.74 Å². The van der Waals surface area contributed by atoms with E-state index in [0.717, 1.165) is 50.5 Å². The van der Waals surface area contributed by atoms with Gasteiger partial charge < -0.3 is 20.2 Å². The fourth-order valence-electron chi connectivity index (χ4n) is 4.61. The third-order valence-electron chi connectivity index (χ3n) is 7.37. The van der Waals surface area contributed by atoms with E-state index in [1.807, 2.05) is 13.8 Å². The van der Waals surface area contributed by atoms with Crippen LogP contribution in [0.1, 0.15) is 97.5 Å². The number of likely N-dealkylation sites (N-methyl/N-ethyl adjacent to an activating group) is 1. The second-order valence-corrected chi connectivity index (χ2v) is 11.6. The summed E-state index contributed by atoms with van der Waals surface area (Å²) in [5.41, 5.74) is 0.810. The Morgan fingerprint density at radius 2 is 1.57 bits per heavy atom. The molecule has 1 rings (SSSR count). The number of hydrogen-bond acceptors (Lipinski definition) is 7. The third-order valence-corrected chi connectivity index (χ3v) is 7.37. The first kappa shape index (κ1) is 37.0. The summed E-state index contributed by atoms with van der Waals surface area (Å²) < 4.78 is 5.36. The van der Waals surface area contributed by atoms with Crippen LogP contribution in [0, 0.1) is 11.8 Å². The van der Waals surface area contributed by atoms with Gasteiger partial charge in [-0.1, -0.05) is 58.6 Å². The highest BCUT2D eigenvalue weighted by Gasteiger charge is 2.30. The van der Waals surface area contributed by atoms with Gasteiger partial charge in [0.1, 0.15) is 11.5 Å². The normalized spacial score (nSPS) is 13.2. The number of nitrogens with one attached hydrogen (secondary N) is 2. The van der Waals surface area contributed by atoms with E-state index in [1.165, 1.54) is 0 Å². The van der Waals surface area contributed by atoms with Crippen LogP contribution in [0.5, 0.6) is 5.75 Å². The highest BCUT2D eigenvalue weighted by molar-refractivity contribution is 5.92. The van der Waals surface area contributed by atoms with E-state index < -0.39 is 12.0 Å². The highest BCUT2D eigenvalue weighted by atomic mass is 16.5. The fraction of sp³-hybridized carbons (Fsp3) is 0.667. The lowest BCUT2D eigenvalue weighted by atomic mass is 9.84. The van der Waals surface area contributed by atoms with Crippen molar-refractivity contribution >= 4 is 29.4 Å². The third kappa shape index (κ3) is 15.8. The molecule has 0 heterocycles. The van der Waals surface area contributed by atoms with Crippen LogP contribution in [0.2, 0.25) is 0 Å². The smallest absolute Gasteiger partial charge is 0.325 e. The van der Waals surface area contributed by atoms with Crippen molar-refractivity contribution in [2.75, 3.05) is 27.2 Å². The van der Waals surface area contributed by atoms with Gasteiger partial charge in [0.15, 0.2) is 5.78 Å². The Bertz CT molecular complexity index is 992. The number of carbonyl (C=O) groups excluding carboxylic acids is 5. The molecule has 0 aliphatic carbocycles. The molecule has 0 bridgehead atoms. The van der Waals surface area contributed by atoms with Crippen molar-refractivity contribution in [2.45, 2.75) is 104 Å². The molecule has 0 aliphatic rings. The van der Waals surface area contributed by atoms with Crippen LogP contribution in [-0.2, 0) is 30.4 Å². The minimum Gasteiger partial charge on any atom is -0.426 e. The molecule has 9 nitrogen and oxygen atoms in total. The lowest BCUT2D eigenvalue weighted by Gasteiger charge is -2.25. The van der Waals surface area contributed by atoms with Gasteiger partial charge in [-0.2, -0.15) is 0 Å². The van der Waals surface area contributed by atoms with Crippen molar-refractivity contribution in [1.29, 1.82) is 0 Å². The van der Waals surface area contributed by atoms with Gasteiger partial charge in [0.2, 0.25) is 11.8 Å². The van der Waals surface area contributed by atoms with E-state index in [2.05, 4.69) is 17.6 Å². The minimum atomic E-state index is -0.771. The monoisotopic (exact) mass is 587 g/mol. The van der Waals surface area contributed by atoms with Crippen molar-refractivity contribution in [1.82, 2.24) is 15.5 Å². The number of unbranched alkanes of at least 4 members (excludes halogenated alkanes) is 4. The Balaban J connectivity index is 2.95. The zero-order chi connectivity index (χ0) is 31.5. The summed E-state index contributed by atoms with van der Waals surface area (Å²) in [5, 5.41) is 5.91. The van der Waals surface area contributed by atoms with Gasteiger partial charge in [0.25, 0.3) is 0 Å². The van der Waals surface area contributed by atoms with Gasteiger partial charge in [-0.3, -0.25) is 24.1 Å². The van der Waals surface area contributed by atoms with Gasteiger partial charge in [-0.15, -0.1) is 0 Å². The van der Waals surface area contributed by atoms with Gasteiger partial charge >= 0.3 is 5.97 Å². The number of rotatable bonds is 22. The molecule has 1 aromatic rings. The number of nitrogens with zero attached hydrogens (tertiary/aromatic N) is 1. The summed E-state index contributed by atoms with van der Waals surface area (Å²) >= 11 is 0. The van der Waals surface area contributed by atoms with Gasteiger partial charge in [0.05, 0.1) is 12.6 Å². The maximum absolute atomic E-state index is 13.6. The fourth-order valence-corrected chi connectivity index (χ4v) is 4.61. The first-order valence-electron chi connectivity index (χ1n) is 15.5. The number of ketones is 2. The van der Waals surface area contributed by atoms with Crippen LogP contribution in [0.3, 0.4) is 0 Å². The van der Waals surface area contributed by atoms with Gasteiger partial charge in [-0.25, -0.2) is 0 Å². The molecule has 0 fully saturated rings. The van der Waals surface area contributed by atoms with Crippen molar-refractivity contribution in [3.63, 3.8) is 0 Å². The quantitative estimate of drug-likeness (QED) is 0.115. The van der Waals surface area contributed by atoms with Crippen molar-refractivity contribution in [3.05, 3.63) is 29.8 Å². The van der Waals surface area contributed by atoms with E-state index >= 15 is 0 Å². The first-order valence-corrected chi connectivity index (χ1v) is 15.5. The second kappa shape index (κ2) is 20.8. The number of amides is 2. The molecule has 42 heavy (non-hydrogen) atoms. The van der Waals surface area contributed by atoms with Crippen molar-refractivity contribution in [2.24, 2.45) is 11.8 Å². The summed E-state index contributed by atoms with van der Waals surface area (Å²) in [6, 6.07) is 6.16. The van der Waals surface area contributed by atoms with Crippen molar-refractivity contribution < 1.29 is 28.7 Å². The SMILES string of the molecule is CCCCCC(=O)NC(Cc1ccc(OC(=O)CN(C)C)cc1)C(=O)CC(C(=O)NCCCCCC(C)=O)C(C)CC. The van der Waals surface area contributed by atoms with Gasteiger partial charge in [0, 0.05) is 31.7 Å². The molecule has 9 heteroatoms. The summed E-state index contributed by atoms with van der Waals surface area (Å²) in [5.74, 6) is -0.811. The summed E-state index contributed by atoms with van der Waals surface area (Å²) in [6.45, 7) is 8.28. The zero-order valence-electron chi connectivity index (χ0n) is 26.6. The van der Waals surface area contributed by atoms with Crippen LogP contribution in [0.25, 0.3) is 0 Å². The van der Waals surface area contributed by atoms with Crippen LogP contribution in [-0.4, -0.2) is 67.5 Å². The van der Waals surface area contributed by atoms with E-state index in [0.29, 0.717) is 25.1 Å². The van der Waals surface area contributed by atoms with Gasteiger partial charge in [-0.05, 0) is 70.3 Å². The van der Waals surface area contributed by atoms with E-state index in [9.17, 15) is 24.0 Å². The molecule has 1 aromatic carbocycles. The number of ether oxygens (including phenoxy) is 1. The summed E-state index contributed by atoms with van der Waals surface area (Å²) in [7, 11) is 3.57. The Labute approximate surface area is 252 Å². The highest BCUT2D eigenvalue weighted by Crippen LogP contribution is 2.22. The molecule has 0 aromatic heterocycles. The predicted molar refractivity (Wildman–Crippen MR) is 165 cm³/mol. The largest absolute Gasteiger partial charge is 0.426 e. The van der Waals surface area contributed by atoms with Crippen LogP contribution >= 0.6 is 0 Å². The first-order chi connectivity index (χ1) is 20.0. The Morgan fingerprint density at radius 3 is 2.17 bits per heavy atom. The topological polar surface area (TPSA) is 122 Å². The zero-order valence-corrected chi connectivity index (χ0v) is 26.6. The lowest BCUT2D eigenvalue weighted by Crippen LogP contribution is -2.45. The average molecular weight is 588 g/mol. The van der Waals surface area contributed by atoms with Crippen LogP contribution in [0.4, 0.5) is 0 Å². The predicted octanol–water partition coefficient (Wildman–Crippen LogP) is 4.65. The Kier molecular flexibility index (Phi) is 18.3. The molecule has 3 unspecified atom stereocenters. The average Bonchev–Trinajstić information content (AvgIpc) is 2.93. The maximum atomic E-state index is 13.6. The Morgan fingerprint density at radius 1 is 0.905 bits per heavy atom. The molecule has 0 radical (unpaired) electrons. The maximum Gasteiger partial charge on any atom is 0.325 e. The molecular weight excluding hydrogens is 534 g/mol. The molecule has 0 spiro atoms. The number of carbonyl (C=O) groups is 5. The molecular formula is C33H53N3O6. The molecule has 0 saturated heterocycles. The van der Waals surface area contributed by atoms with E-state index in [-0.39, 0.29) is 54.7 Å². The number of benzene rings is 1. The molecule has 0 aliphatic heterocycles. The number of Topliss-reactive ketones (excluding diaryl/α,β-unsaturated/α-hetero) is 2. The summed E-state index contributed by atoms with van der Waals surface area (Å²) in [4.78, 5) is 64.3. The molecule has 236 valence electrons. The lowest BCUT2D eigenvalue weighted by molar-refractivity contribution is -0.135.